The van der Waals surface area contributed by atoms with Gasteiger partial charge < -0.3 is 19.6 Å². The summed E-state index contributed by atoms with van der Waals surface area (Å²) in [4.78, 5) is 24.6. The minimum Gasteiger partial charge on any atom is -0.475 e. The SMILES string of the molecule is O=C(O)c1ccc(CNC(=O)c2cc3c(s2)CCOC3)o1. The summed E-state index contributed by atoms with van der Waals surface area (Å²) in [7, 11) is 0. The van der Waals surface area contributed by atoms with Gasteiger partial charge in [0.05, 0.1) is 24.6 Å². The Morgan fingerprint density at radius 2 is 2.24 bits per heavy atom. The van der Waals surface area contributed by atoms with E-state index in [1.165, 1.54) is 28.3 Å². The number of hydrogen-bond acceptors (Lipinski definition) is 5. The molecular weight excluding hydrogens is 294 g/mol. The van der Waals surface area contributed by atoms with Crippen molar-refractivity contribution in [2.24, 2.45) is 0 Å². The molecule has 0 aromatic carbocycles. The van der Waals surface area contributed by atoms with Crippen LogP contribution in [-0.4, -0.2) is 23.6 Å². The minimum absolute atomic E-state index is 0.136. The fourth-order valence-electron chi connectivity index (χ4n) is 2.10. The van der Waals surface area contributed by atoms with Crippen LogP contribution in [-0.2, 0) is 24.3 Å². The van der Waals surface area contributed by atoms with Crippen LogP contribution in [0.3, 0.4) is 0 Å². The van der Waals surface area contributed by atoms with Gasteiger partial charge in [-0.15, -0.1) is 11.3 Å². The van der Waals surface area contributed by atoms with Crippen molar-refractivity contribution < 1.29 is 23.8 Å². The zero-order valence-electron chi connectivity index (χ0n) is 11.0. The Morgan fingerprint density at radius 1 is 1.38 bits per heavy atom. The number of furan rings is 1. The topological polar surface area (TPSA) is 88.8 Å². The van der Waals surface area contributed by atoms with Crippen LogP contribution in [0.2, 0.25) is 0 Å². The molecule has 0 aliphatic carbocycles. The van der Waals surface area contributed by atoms with Gasteiger partial charge in [-0.3, -0.25) is 4.79 Å². The second-order valence-corrected chi connectivity index (χ2v) is 5.75. The van der Waals surface area contributed by atoms with Crippen molar-refractivity contribution in [2.75, 3.05) is 6.61 Å². The smallest absolute Gasteiger partial charge is 0.371 e. The quantitative estimate of drug-likeness (QED) is 0.902. The lowest BCUT2D eigenvalue weighted by Crippen LogP contribution is -2.21. The number of carbonyl (C=O) groups excluding carboxylic acids is 1. The molecule has 3 rings (SSSR count). The molecule has 110 valence electrons. The number of aromatic carboxylic acids is 1. The highest BCUT2D eigenvalue weighted by atomic mass is 32.1. The summed E-state index contributed by atoms with van der Waals surface area (Å²) in [6.45, 7) is 1.41. The fraction of sp³-hybridized carbons (Fsp3) is 0.286. The summed E-state index contributed by atoms with van der Waals surface area (Å²) >= 11 is 1.47. The lowest BCUT2D eigenvalue weighted by molar-refractivity contribution is 0.0660. The van der Waals surface area contributed by atoms with E-state index in [1.54, 1.807) is 0 Å². The van der Waals surface area contributed by atoms with E-state index in [1.807, 2.05) is 6.07 Å². The molecule has 1 aliphatic rings. The fourth-order valence-corrected chi connectivity index (χ4v) is 3.17. The van der Waals surface area contributed by atoms with E-state index >= 15 is 0 Å². The molecule has 7 heteroatoms. The Labute approximate surface area is 124 Å². The van der Waals surface area contributed by atoms with Gasteiger partial charge in [-0.1, -0.05) is 0 Å². The molecule has 1 aliphatic heterocycles. The molecule has 21 heavy (non-hydrogen) atoms. The second-order valence-electron chi connectivity index (χ2n) is 4.62. The summed E-state index contributed by atoms with van der Waals surface area (Å²) in [6.07, 6.45) is 0.841. The average molecular weight is 307 g/mol. The third-order valence-corrected chi connectivity index (χ3v) is 4.38. The van der Waals surface area contributed by atoms with Crippen LogP contribution in [0.15, 0.2) is 22.6 Å². The lowest BCUT2D eigenvalue weighted by Gasteiger charge is -2.10. The van der Waals surface area contributed by atoms with E-state index in [9.17, 15) is 9.59 Å². The predicted octanol–water partition coefficient (Wildman–Crippen LogP) is 2.04. The largest absolute Gasteiger partial charge is 0.475 e. The molecule has 0 saturated carbocycles. The Morgan fingerprint density at radius 3 is 2.95 bits per heavy atom. The van der Waals surface area contributed by atoms with Gasteiger partial charge in [-0.25, -0.2) is 4.79 Å². The summed E-state index contributed by atoms with van der Waals surface area (Å²) in [5, 5.41) is 11.5. The van der Waals surface area contributed by atoms with Crippen molar-refractivity contribution in [3.05, 3.63) is 45.0 Å². The third kappa shape index (κ3) is 2.98. The van der Waals surface area contributed by atoms with E-state index in [0.717, 1.165) is 12.0 Å². The van der Waals surface area contributed by atoms with Gasteiger partial charge >= 0.3 is 5.97 Å². The van der Waals surface area contributed by atoms with Crippen LogP contribution in [0.25, 0.3) is 0 Å². The predicted molar refractivity (Wildman–Crippen MR) is 74.5 cm³/mol. The Balaban J connectivity index is 1.63. The summed E-state index contributed by atoms with van der Waals surface area (Å²) in [5.74, 6) is -1.05. The molecule has 0 unspecified atom stereocenters. The molecule has 6 nitrogen and oxygen atoms in total. The first-order valence-corrected chi connectivity index (χ1v) is 7.24. The molecule has 2 N–H and O–H groups in total. The highest BCUT2D eigenvalue weighted by Crippen LogP contribution is 2.26. The van der Waals surface area contributed by atoms with Gasteiger partial charge in [0.15, 0.2) is 0 Å². The lowest BCUT2D eigenvalue weighted by atomic mass is 10.2. The van der Waals surface area contributed by atoms with E-state index in [4.69, 9.17) is 14.3 Å². The molecular formula is C14H13NO5S. The van der Waals surface area contributed by atoms with Crippen molar-refractivity contribution in [1.29, 1.82) is 0 Å². The van der Waals surface area contributed by atoms with Gasteiger partial charge in [0.25, 0.3) is 5.91 Å². The first-order valence-electron chi connectivity index (χ1n) is 6.43. The number of carboxylic acid groups (broad SMARTS) is 1. The van der Waals surface area contributed by atoms with E-state index in [2.05, 4.69) is 5.32 Å². The molecule has 0 bridgehead atoms. The van der Waals surface area contributed by atoms with Crippen LogP contribution in [0.5, 0.6) is 0 Å². The van der Waals surface area contributed by atoms with E-state index in [0.29, 0.717) is 23.9 Å². The molecule has 0 radical (unpaired) electrons. The van der Waals surface area contributed by atoms with Crippen LogP contribution >= 0.6 is 11.3 Å². The highest BCUT2D eigenvalue weighted by molar-refractivity contribution is 7.14. The van der Waals surface area contributed by atoms with Crippen LogP contribution in [0, 0.1) is 0 Å². The summed E-state index contributed by atoms with van der Waals surface area (Å²) in [5.41, 5.74) is 1.07. The normalized spacial score (nSPS) is 13.7. The first kappa shape index (κ1) is 13.8. The number of amides is 1. The second kappa shape index (κ2) is 5.71. The van der Waals surface area contributed by atoms with Gasteiger partial charge in [-0.2, -0.15) is 0 Å². The van der Waals surface area contributed by atoms with Crippen molar-refractivity contribution in [1.82, 2.24) is 5.32 Å². The average Bonchev–Trinajstić information content (AvgIpc) is 3.11. The Kier molecular flexibility index (Phi) is 3.76. The number of nitrogens with one attached hydrogen (secondary N) is 1. The number of fused-ring (bicyclic) bond motifs is 1. The first-order chi connectivity index (χ1) is 10.1. The van der Waals surface area contributed by atoms with Gasteiger partial charge in [0.1, 0.15) is 5.76 Å². The maximum atomic E-state index is 12.1. The van der Waals surface area contributed by atoms with Crippen molar-refractivity contribution >= 4 is 23.2 Å². The third-order valence-electron chi connectivity index (χ3n) is 3.15. The van der Waals surface area contributed by atoms with E-state index in [-0.39, 0.29) is 18.2 Å². The number of hydrogen-bond donors (Lipinski definition) is 2. The molecule has 1 amide bonds. The minimum atomic E-state index is -1.13. The number of carboxylic acids is 1. The highest BCUT2D eigenvalue weighted by Gasteiger charge is 2.18. The van der Waals surface area contributed by atoms with E-state index < -0.39 is 5.97 Å². The van der Waals surface area contributed by atoms with Crippen molar-refractivity contribution in [2.45, 2.75) is 19.6 Å². The molecule has 0 spiro atoms. The Hall–Kier alpha value is -2.12. The monoisotopic (exact) mass is 307 g/mol. The van der Waals surface area contributed by atoms with Crippen LogP contribution in [0.1, 0.15) is 36.4 Å². The zero-order valence-corrected chi connectivity index (χ0v) is 11.9. The summed E-state index contributed by atoms with van der Waals surface area (Å²) in [6, 6.07) is 4.75. The van der Waals surface area contributed by atoms with Crippen LogP contribution in [0.4, 0.5) is 0 Å². The maximum absolute atomic E-state index is 12.1. The van der Waals surface area contributed by atoms with Crippen molar-refractivity contribution in [3.63, 3.8) is 0 Å². The molecule has 2 aromatic heterocycles. The van der Waals surface area contributed by atoms with Gasteiger partial charge in [0, 0.05) is 11.3 Å². The molecule has 0 fully saturated rings. The molecule has 0 saturated heterocycles. The Bertz CT molecular complexity index is 664. The number of thiophene rings is 1. The number of ether oxygens (including phenoxy) is 1. The molecule has 0 atom stereocenters. The molecule has 2 aromatic rings. The zero-order chi connectivity index (χ0) is 14.8. The number of rotatable bonds is 4. The standard InChI is InChI=1S/C14H13NO5S/c16-13(12-5-8-7-19-4-3-11(8)21-12)15-6-9-1-2-10(20-9)14(17)18/h1-2,5H,3-4,6-7H2,(H,15,16)(H,17,18). The number of carbonyl (C=O) groups is 2. The maximum Gasteiger partial charge on any atom is 0.371 e. The van der Waals surface area contributed by atoms with Gasteiger partial charge in [0.2, 0.25) is 5.76 Å². The summed E-state index contributed by atoms with van der Waals surface area (Å²) < 4.78 is 10.4. The van der Waals surface area contributed by atoms with Gasteiger partial charge in [-0.05, 0) is 23.8 Å². The molecule has 3 heterocycles. The van der Waals surface area contributed by atoms with Crippen molar-refractivity contribution in [3.8, 4) is 0 Å². The van der Waals surface area contributed by atoms with Crippen LogP contribution < -0.4 is 5.32 Å².